The second kappa shape index (κ2) is 10.6. The van der Waals surface area contributed by atoms with E-state index in [1.807, 2.05) is 13.8 Å². The van der Waals surface area contributed by atoms with Crippen LogP contribution in [0.2, 0.25) is 0 Å². The molecule has 5 heterocycles. The number of anilines is 2. The molecule has 0 aromatic carbocycles. The van der Waals surface area contributed by atoms with Crippen molar-refractivity contribution in [1.29, 1.82) is 0 Å². The Kier molecular flexibility index (Phi) is 7.20. The number of carbonyl (C=O) groups is 1. The zero-order chi connectivity index (χ0) is 28.6. The van der Waals surface area contributed by atoms with Crippen LogP contribution < -0.4 is 10.1 Å². The van der Waals surface area contributed by atoms with Gasteiger partial charge in [0.15, 0.2) is 17.2 Å². The molecule has 40 heavy (non-hydrogen) atoms. The highest BCUT2D eigenvalue weighted by molar-refractivity contribution is 5.82. The molecule has 1 N–H and O–H groups in total. The van der Waals surface area contributed by atoms with Crippen LogP contribution in [-0.4, -0.2) is 48.3 Å². The third-order valence-corrected chi connectivity index (χ3v) is 6.70. The van der Waals surface area contributed by atoms with Gasteiger partial charge in [-0.05, 0) is 19.4 Å². The Hall–Kier alpha value is -4.44. The lowest BCUT2D eigenvalue weighted by Gasteiger charge is -2.17. The van der Waals surface area contributed by atoms with Gasteiger partial charge in [-0.1, -0.05) is 0 Å². The Labute approximate surface area is 229 Å². The van der Waals surface area contributed by atoms with Crippen molar-refractivity contribution in [2.24, 2.45) is 7.05 Å². The monoisotopic (exact) mass is 550 g/mol. The second-order valence-electron chi connectivity index (χ2n) is 10.1. The molecule has 1 unspecified atom stereocenters. The summed E-state index contributed by atoms with van der Waals surface area (Å²) < 4.78 is 43.5. The summed E-state index contributed by atoms with van der Waals surface area (Å²) in [4.78, 5) is 28.1. The number of hydrogen-bond donors (Lipinski definition) is 1. The van der Waals surface area contributed by atoms with Gasteiger partial charge in [-0.3, -0.25) is 14.5 Å². The zero-order valence-electron chi connectivity index (χ0n) is 22.5. The van der Waals surface area contributed by atoms with Crippen molar-refractivity contribution in [1.82, 2.24) is 29.3 Å². The lowest BCUT2D eigenvalue weighted by molar-refractivity contribution is -0.116. The van der Waals surface area contributed by atoms with Gasteiger partial charge in [-0.2, -0.15) is 10.1 Å². The number of pyridine rings is 2. The number of imidazole rings is 1. The normalized spacial score (nSPS) is 15.5. The Morgan fingerprint density at radius 1 is 1.35 bits per heavy atom. The van der Waals surface area contributed by atoms with Crippen LogP contribution in [0.4, 0.5) is 20.5 Å². The molecule has 13 heteroatoms. The van der Waals surface area contributed by atoms with Crippen molar-refractivity contribution in [2.45, 2.75) is 51.6 Å². The van der Waals surface area contributed by atoms with E-state index in [1.54, 1.807) is 17.8 Å². The van der Waals surface area contributed by atoms with Crippen LogP contribution >= 0.6 is 0 Å². The molecule has 0 saturated carbocycles. The fourth-order valence-corrected chi connectivity index (χ4v) is 4.66. The summed E-state index contributed by atoms with van der Waals surface area (Å²) in [5, 5.41) is 7.79. The fourth-order valence-electron chi connectivity index (χ4n) is 4.66. The maximum atomic E-state index is 14.4. The topological polar surface area (TPSA) is 113 Å². The first kappa shape index (κ1) is 27.1. The summed E-state index contributed by atoms with van der Waals surface area (Å²) in [5.74, 6) is 0.701. The summed E-state index contributed by atoms with van der Waals surface area (Å²) in [6.45, 7) is 13.8. The third kappa shape index (κ3) is 5.22. The van der Waals surface area contributed by atoms with Gasteiger partial charge in [-0.15, -0.1) is 0 Å². The molecule has 0 amide bonds. The number of Topliss-reactive ketones (excluding diaryl/α,β-unsaturated/α-hetero) is 1. The first-order valence-corrected chi connectivity index (χ1v) is 12.7. The first-order chi connectivity index (χ1) is 19.1. The number of ketones is 1. The van der Waals surface area contributed by atoms with E-state index in [9.17, 15) is 13.6 Å². The maximum Gasteiger partial charge on any atom is 0.269 e. The smallest absolute Gasteiger partial charge is 0.269 e. The standard InChI is InChI=1S/C27H28F2N8O3/c1-15(38)10-16-11-18(6-8-31-16)40-19-13-32-25-23(22(19)24(28)29)36(5)26(34-25)33-21-12-20(27(2,3)30-4)37(35-21)17-7-9-39-14-17/h6,8,11-13,17,24H,7,9-10,14H2,1-3,5H3,(H,32,33,34,35). The van der Waals surface area contributed by atoms with Crippen LogP contribution in [0.15, 0.2) is 30.6 Å². The SMILES string of the molecule is [C-]#[N+]C(C)(C)c1cc(Nc2nc3ncc(Oc4ccnc(CC(C)=O)c4)c(C(F)F)c3n2C)nn1C1CCOC1. The van der Waals surface area contributed by atoms with E-state index in [1.165, 1.54) is 36.0 Å². The van der Waals surface area contributed by atoms with Crippen molar-refractivity contribution in [3.8, 4) is 11.5 Å². The lowest BCUT2D eigenvalue weighted by atomic mass is 10.0. The second-order valence-corrected chi connectivity index (χ2v) is 10.1. The predicted molar refractivity (Wildman–Crippen MR) is 142 cm³/mol. The largest absolute Gasteiger partial charge is 0.455 e. The van der Waals surface area contributed by atoms with Crippen molar-refractivity contribution in [3.05, 3.63) is 59.0 Å². The summed E-state index contributed by atoms with van der Waals surface area (Å²) in [6, 6.07) is 4.81. The van der Waals surface area contributed by atoms with Gasteiger partial charge in [-0.25, -0.2) is 20.3 Å². The Balaban J connectivity index is 1.51. The van der Waals surface area contributed by atoms with E-state index in [4.69, 9.17) is 16.0 Å². The van der Waals surface area contributed by atoms with Crippen LogP contribution in [0, 0.1) is 6.57 Å². The van der Waals surface area contributed by atoms with Gasteiger partial charge >= 0.3 is 0 Å². The highest BCUT2D eigenvalue weighted by Crippen LogP contribution is 2.38. The average Bonchev–Trinajstić information content (AvgIpc) is 3.64. The number of fused-ring (bicyclic) bond motifs is 1. The van der Waals surface area contributed by atoms with E-state index in [0.29, 0.717) is 30.4 Å². The number of aromatic nitrogens is 6. The van der Waals surface area contributed by atoms with Gasteiger partial charge in [0.25, 0.3) is 12.0 Å². The average molecular weight is 551 g/mol. The maximum absolute atomic E-state index is 14.4. The molecular weight excluding hydrogens is 522 g/mol. The third-order valence-electron chi connectivity index (χ3n) is 6.70. The number of ether oxygens (including phenoxy) is 2. The zero-order valence-corrected chi connectivity index (χ0v) is 22.5. The molecule has 1 aliphatic rings. The van der Waals surface area contributed by atoms with Crippen LogP contribution in [0.3, 0.4) is 0 Å². The van der Waals surface area contributed by atoms with E-state index < -0.39 is 12.0 Å². The Bertz CT molecular complexity index is 1620. The van der Waals surface area contributed by atoms with Gasteiger partial charge in [0.2, 0.25) is 5.95 Å². The molecule has 208 valence electrons. The van der Waals surface area contributed by atoms with Gasteiger partial charge in [0.05, 0.1) is 30.1 Å². The summed E-state index contributed by atoms with van der Waals surface area (Å²) in [5.41, 5.74) is 0.164. The van der Waals surface area contributed by atoms with Crippen molar-refractivity contribution >= 4 is 28.7 Å². The van der Waals surface area contributed by atoms with Crippen LogP contribution in [0.25, 0.3) is 16.0 Å². The molecule has 1 aliphatic heterocycles. The molecule has 0 radical (unpaired) electrons. The number of alkyl halides is 2. The molecule has 4 aromatic heterocycles. The molecule has 5 rings (SSSR count). The van der Waals surface area contributed by atoms with Gasteiger partial charge in [0.1, 0.15) is 22.7 Å². The molecule has 0 spiro atoms. The molecule has 1 saturated heterocycles. The minimum absolute atomic E-state index is 0.0111. The van der Waals surface area contributed by atoms with E-state index >= 15 is 0 Å². The highest BCUT2D eigenvalue weighted by atomic mass is 19.3. The number of halogens is 2. The van der Waals surface area contributed by atoms with Crippen molar-refractivity contribution < 1.29 is 23.0 Å². The van der Waals surface area contributed by atoms with Crippen LogP contribution in [0.1, 0.15) is 56.6 Å². The Morgan fingerprint density at radius 3 is 2.83 bits per heavy atom. The predicted octanol–water partition coefficient (Wildman–Crippen LogP) is 5.28. The molecular formula is C27H28F2N8O3. The van der Waals surface area contributed by atoms with Crippen molar-refractivity contribution in [3.63, 3.8) is 0 Å². The van der Waals surface area contributed by atoms with Crippen LogP contribution in [-0.2, 0) is 28.5 Å². The van der Waals surface area contributed by atoms with Crippen molar-refractivity contribution in [2.75, 3.05) is 18.5 Å². The highest BCUT2D eigenvalue weighted by Gasteiger charge is 2.35. The molecule has 0 aliphatic carbocycles. The molecule has 0 bridgehead atoms. The quantitative estimate of drug-likeness (QED) is 0.280. The van der Waals surface area contributed by atoms with E-state index in [2.05, 4.69) is 30.2 Å². The number of hydrogen-bond acceptors (Lipinski definition) is 8. The molecule has 1 atom stereocenters. The first-order valence-electron chi connectivity index (χ1n) is 12.7. The number of nitrogens with zero attached hydrogens (tertiary/aromatic N) is 7. The lowest BCUT2D eigenvalue weighted by Crippen LogP contribution is -2.22. The summed E-state index contributed by atoms with van der Waals surface area (Å²) in [7, 11) is 1.60. The number of aryl methyl sites for hydroxylation is 1. The van der Waals surface area contributed by atoms with Crippen LogP contribution in [0.5, 0.6) is 11.5 Å². The Morgan fingerprint density at radius 2 is 2.15 bits per heavy atom. The number of rotatable bonds is 9. The van der Waals surface area contributed by atoms with E-state index in [-0.39, 0.29) is 52.4 Å². The van der Waals surface area contributed by atoms with Gasteiger partial charge < -0.3 is 24.2 Å². The number of carbonyl (C=O) groups excluding carboxylic acids is 1. The molecule has 1 fully saturated rings. The van der Waals surface area contributed by atoms with Gasteiger partial charge in [0, 0.05) is 52.3 Å². The fraction of sp³-hybridized carbons (Fsp3) is 0.407. The van der Waals surface area contributed by atoms with E-state index in [0.717, 1.165) is 6.42 Å². The minimum Gasteiger partial charge on any atom is -0.455 e. The molecule has 11 nitrogen and oxygen atoms in total. The number of nitrogens with one attached hydrogen (secondary N) is 1. The summed E-state index contributed by atoms with van der Waals surface area (Å²) in [6.07, 6.45) is 0.637. The summed E-state index contributed by atoms with van der Waals surface area (Å²) >= 11 is 0. The molecule has 4 aromatic rings. The minimum atomic E-state index is -2.89.